The summed E-state index contributed by atoms with van der Waals surface area (Å²) >= 11 is 11.8. The molecule has 2 N–H and O–H groups in total. The molecule has 0 unspecified atom stereocenters. The van der Waals surface area contributed by atoms with Crippen LogP contribution in [0, 0.1) is 0 Å². The van der Waals surface area contributed by atoms with Crippen LogP contribution in [-0.4, -0.2) is 21.1 Å². The summed E-state index contributed by atoms with van der Waals surface area (Å²) < 4.78 is 31.9. The normalized spacial score (nSPS) is 11.0. The van der Waals surface area contributed by atoms with E-state index in [1.807, 2.05) is 0 Å². The standard InChI is InChI=1S/C15H14Cl2N2O4S/c1-2-23-15(20)18-11-4-6-12(7-5-11)24(21,22)19-14-9-10(16)3-8-13(14)17/h3-9,19H,2H2,1H3,(H,18,20). The van der Waals surface area contributed by atoms with E-state index in [0.717, 1.165) is 0 Å². The summed E-state index contributed by atoms with van der Waals surface area (Å²) in [4.78, 5) is 11.3. The van der Waals surface area contributed by atoms with Crippen molar-refractivity contribution < 1.29 is 17.9 Å². The van der Waals surface area contributed by atoms with Gasteiger partial charge >= 0.3 is 6.09 Å². The van der Waals surface area contributed by atoms with Gasteiger partial charge in [0.2, 0.25) is 0 Å². The largest absolute Gasteiger partial charge is 0.450 e. The van der Waals surface area contributed by atoms with Crippen LogP contribution in [0.25, 0.3) is 0 Å². The Hall–Kier alpha value is -1.96. The highest BCUT2D eigenvalue weighted by Crippen LogP contribution is 2.28. The molecule has 0 aliphatic rings. The molecule has 0 atom stereocenters. The van der Waals surface area contributed by atoms with Crippen molar-refractivity contribution >= 4 is 50.7 Å². The van der Waals surface area contributed by atoms with Gasteiger partial charge in [-0.25, -0.2) is 13.2 Å². The molecule has 9 heteroatoms. The van der Waals surface area contributed by atoms with Crippen LogP contribution in [0.3, 0.4) is 0 Å². The van der Waals surface area contributed by atoms with Crippen LogP contribution in [0.5, 0.6) is 0 Å². The average Bonchev–Trinajstić information content (AvgIpc) is 2.51. The van der Waals surface area contributed by atoms with Crippen LogP contribution < -0.4 is 10.0 Å². The quantitative estimate of drug-likeness (QED) is 0.796. The van der Waals surface area contributed by atoms with E-state index in [-0.39, 0.29) is 22.2 Å². The van der Waals surface area contributed by atoms with Crippen LogP contribution >= 0.6 is 23.2 Å². The molecule has 2 aromatic carbocycles. The first-order valence-electron chi connectivity index (χ1n) is 6.83. The van der Waals surface area contributed by atoms with Gasteiger partial charge in [-0.3, -0.25) is 10.0 Å². The molecular weight excluding hydrogens is 375 g/mol. The van der Waals surface area contributed by atoms with E-state index in [1.54, 1.807) is 13.0 Å². The van der Waals surface area contributed by atoms with Crippen LogP contribution in [-0.2, 0) is 14.8 Å². The van der Waals surface area contributed by atoms with Gasteiger partial charge in [-0.15, -0.1) is 0 Å². The van der Waals surface area contributed by atoms with E-state index in [9.17, 15) is 13.2 Å². The Morgan fingerprint density at radius 3 is 2.42 bits per heavy atom. The van der Waals surface area contributed by atoms with Gasteiger partial charge in [0.1, 0.15) is 0 Å². The van der Waals surface area contributed by atoms with E-state index < -0.39 is 16.1 Å². The Labute approximate surface area is 149 Å². The monoisotopic (exact) mass is 388 g/mol. The van der Waals surface area contributed by atoms with Gasteiger partial charge in [-0.2, -0.15) is 0 Å². The van der Waals surface area contributed by atoms with E-state index in [0.29, 0.717) is 10.7 Å². The molecule has 0 saturated carbocycles. The Kier molecular flexibility index (Phi) is 5.93. The van der Waals surface area contributed by atoms with Gasteiger partial charge in [0.05, 0.1) is 22.2 Å². The van der Waals surface area contributed by atoms with Crippen molar-refractivity contribution in [2.75, 3.05) is 16.6 Å². The second kappa shape index (κ2) is 7.74. The molecule has 0 heterocycles. The lowest BCUT2D eigenvalue weighted by Crippen LogP contribution is -2.15. The minimum Gasteiger partial charge on any atom is -0.450 e. The second-order valence-corrected chi connectivity index (χ2v) is 7.13. The first kappa shape index (κ1) is 18.4. The number of benzene rings is 2. The molecule has 2 aromatic rings. The molecule has 0 aromatic heterocycles. The topological polar surface area (TPSA) is 84.5 Å². The molecule has 0 bridgehead atoms. The first-order valence-corrected chi connectivity index (χ1v) is 9.07. The molecule has 2 rings (SSSR count). The molecule has 0 fully saturated rings. The van der Waals surface area contributed by atoms with Gasteiger partial charge in [0.15, 0.2) is 0 Å². The summed E-state index contributed by atoms with van der Waals surface area (Å²) in [6.45, 7) is 1.92. The third-order valence-electron chi connectivity index (χ3n) is 2.86. The number of amides is 1. The van der Waals surface area contributed by atoms with E-state index in [1.165, 1.54) is 36.4 Å². The summed E-state index contributed by atoms with van der Waals surface area (Å²) in [6, 6.07) is 10.1. The van der Waals surface area contributed by atoms with E-state index in [4.69, 9.17) is 27.9 Å². The number of hydrogen-bond donors (Lipinski definition) is 2. The summed E-state index contributed by atoms with van der Waals surface area (Å²) in [5, 5.41) is 3.05. The maximum atomic E-state index is 12.4. The van der Waals surface area contributed by atoms with Crippen LogP contribution in [0.1, 0.15) is 6.92 Å². The number of rotatable bonds is 5. The van der Waals surface area contributed by atoms with Gasteiger partial charge < -0.3 is 4.74 Å². The Morgan fingerprint density at radius 1 is 1.12 bits per heavy atom. The van der Waals surface area contributed by atoms with Gasteiger partial charge in [-0.05, 0) is 49.4 Å². The Bertz CT molecular complexity index is 839. The zero-order chi connectivity index (χ0) is 17.7. The lowest BCUT2D eigenvalue weighted by atomic mass is 10.3. The molecule has 1 amide bonds. The van der Waals surface area contributed by atoms with Crippen LogP contribution in [0.15, 0.2) is 47.4 Å². The highest BCUT2D eigenvalue weighted by Gasteiger charge is 2.16. The van der Waals surface area contributed by atoms with Crippen molar-refractivity contribution in [3.05, 3.63) is 52.5 Å². The molecule has 0 spiro atoms. The summed E-state index contributed by atoms with van der Waals surface area (Å²) in [5.41, 5.74) is 0.589. The van der Waals surface area contributed by atoms with Gasteiger partial charge in [0.25, 0.3) is 10.0 Å². The molecule has 0 aliphatic carbocycles. The number of anilines is 2. The third kappa shape index (κ3) is 4.77. The first-order chi connectivity index (χ1) is 11.3. The fourth-order valence-electron chi connectivity index (χ4n) is 1.78. The number of carbonyl (C=O) groups is 1. The number of carbonyl (C=O) groups excluding carboxylic acids is 1. The Balaban J connectivity index is 2.17. The third-order valence-corrected chi connectivity index (χ3v) is 4.81. The van der Waals surface area contributed by atoms with Gasteiger partial charge in [-0.1, -0.05) is 23.2 Å². The van der Waals surface area contributed by atoms with Crippen LogP contribution in [0.2, 0.25) is 10.0 Å². The highest BCUT2D eigenvalue weighted by molar-refractivity contribution is 7.92. The minimum atomic E-state index is -3.85. The molecule has 0 saturated heterocycles. The predicted molar refractivity (Wildman–Crippen MR) is 94.4 cm³/mol. The number of nitrogens with one attached hydrogen (secondary N) is 2. The maximum absolute atomic E-state index is 12.4. The average molecular weight is 389 g/mol. The zero-order valence-electron chi connectivity index (χ0n) is 12.5. The molecule has 0 radical (unpaired) electrons. The summed E-state index contributed by atoms with van der Waals surface area (Å²) in [5.74, 6) is 0. The van der Waals surface area contributed by atoms with Crippen molar-refractivity contribution in [3.63, 3.8) is 0 Å². The number of halogens is 2. The predicted octanol–water partition coefficient (Wildman–Crippen LogP) is 4.36. The lowest BCUT2D eigenvalue weighted by molar-refractivity contribution is 0.168. The maximum Gasteiger partial charge on any atom is 0.411 e. The fraction of sp³-hybridized carbons (Fsp3) is 0.133. The van der Waals surface area contributed by atoms with Crippen LogP contribution in [0.4, 0.5) is 16.2 Å². The molecule has 24 heavy (non-hydrogen) atoms. The zero-order valence-corrected chi connectivity index (χ0v) is 14.9. The van der Waals surface area contributed by atoms with Crippen molar-refractivity contribution in [2.24, 2.45) is 0 Å². The van der Waals surface area contributed by atoms with Crippen molar-refractivity contribution in [2.45, 2.75) is 11.8 Å². The number of ether oxygens (including phenoxy) is 1. The van der Waals surface area contributed by atoms with E-state index >= 15 is 0 Å². The molecule has 6 nitrogen and oxygen atoms in total. The smallest absolute Gasteiger partial charge is 0.411 e. The molecular formula is C15H14Cl2N2O4S. The lowest BCUT2D eigenvalue weighted by Gasteiger charge is -2.11. The Morgan fingerprint density at radius 2 is 1.79 bits per heavy atom. The summed E-state index contributed by atoms with van der Waals surface area (Å²) in [7, 11) is -3.85. The van der Waals surface area contributed by atoms with Crippen molar-refractivity contribution in [1.29, 1.82) is 0 Å². The van der Waals surface area contributed by atoms with E-state index in [2.05, 4.69) is 10.0 Å². The molecule has 0 aliphatic heterocycles. The highest BCUT2D eigenvalue weighted by atomic mass is 35.5. The number of hydrogen-bond acceptors (Lipinski definition) is 4. The fourth-order valence-corrected chi connectivity index (χ4v) is 3.25. The minimum absolute atomic E-state index is 0.00736. The van der Waals surface area contributed by atoms with Crippen molar-refractivity contribution in [1.82, 2.24) is 0 Å². The SMILES string of the molecule is CCOC(=O)Nc1ccc(S(=O)(=O)Nc2cc(Cl)ccc2Cl)cc1. The van der Waals surface area contributed by atoms with Crippen molar-refractivity contribution in [3.8, 4) is 0 Å². The van der Waals surface area contributed by atoms with Gasteiger partial charge in [0, 0.05) is 10.7 Å². The number of sulfonamides is 1. The molecule has 128 valence electrons. The summed E-state index contributed by atoms with van der Waals surface area (Å²) in [6.07, 6.45) is -0.614. The second-order valence-electron chi connectivity index (χ2n) is 4.60.